The number of hydrogen-bond acceptors (Lipinski definition) is 4. The molecule has 0 amide bonds. The Labute approximate surface area is 247 Å². The third kappa shape index (κ3) is 10.1. The third-order valence-electron chi connectivity index (χ3n) is 6.26. The number of aliphatic hydroxyl groups excluding tert-OH is 1. The van der Waals surface area contributed by atoms with Gasteiger partial charge in [-0.25, -0.2) is 13.8 Å². The first-order valence-corrected chi connectivity index (χ1v) is 13.9. The van der Waals surface area contributed by atoms with Gasteiger partial charge in [-0.05, 0) is 91.0 Å². The van der Waals surface area contributed by atoms with Crippen LogP contribution in [-0.2, 0) is 13.6 Å². The summed E-state index contributed by atoms with van der Waals surface area (Å²) in [6.07, 6.45) is 9.74. The Morgan fingerprint density at radius 3 is 2.41 bits per heavy atom. The molecule has 0 fully saturated rings. The van der Waals surface area contributed by atoms with Crippen LogP contribution in [0.2, 0.25) is 0 Å². The minimum atomic E-state index is -0.339. The van der Waals surface area contributed by atoms with Crippen LogP contribution in [0.5, 0.6) is 0 Å². The summed E-state index contributed by atoms with van der Waals surface area (Å²) in [6.45, 7) is 19.8. The molecule has 41 heavy (non-hydrogen) atoms. The Balaban J connectivity index is 0.000000481. The number of rotatable bonds is 10. The van der Waals surface area contributed by atoms with E-state index in [1.807, 2.05) is 6.07 Å². The minimum absolute atomic E-state index is 0. The van der Waals surface area contributed by atoms with Crippen LogP contribution in [0, 0.1) is 11.7 Å². The second-order valence-electron chi connectivity index (χ2n) is 9.71. The van der Waals surface area contributed by atoms with Gasteiger partial charge < -0.3 is 5.11 Å². The predicted octanol–water partition coefficient (Wildman–Crippen LogP) is 8.62. The summed E-state index contributed by atoms with van der Waals surface area (Å²) in [5.74, 6) is 0.317. The first kappa shape index (κ1) is 35.5. The molecule has 1 aromatic carbocycles. The van der Waals surface area contributed by atoms with E-state index in [-0.39, 0.29) is 31.5 Å². The molecule has 0 saturated heterocycles. The molecule has 2 unspecified atom stereocenters. The summed E-state index contributed by atoms with van der Waals surface area (Å²) in [4.78, 5) is 6.13. The highest BCUT2D eigenvalue weighted by atomic mass is 31.0. The molecule has 0 aliphatic carbocycles. The van der Waals surface area contributed by atoms with Crippen LogP contribution < -0.4 is 5.30 Å². The highest BCUT2D eigenvalue weighted by Crippen LogP contribution is 2.30. The maximum Gasteiger partial charge on any atom is 0.202 e. The quantitative estimate of drug-likeness (QED) is 0.225. The molecule has 222 valence electrons. The molecule has 1 aromatic heterocycles. The zero-order valence-corrected chi connectivity index (χ0v) is 25.4. The zero-order chi connectivity index (χ0) is 30.0. The van der Waals surface area contributed by atoms with Crippen LogP contribution in [0.1, 0.15) is 65.6 Å². The maximum absolute atomic E-state index is 13.8. The van der Waals surface area contributed by atoms with Crippen LogP contribution in [0.25, 0.3) is 0 Å². The third-order valence-corrected chi connectivity index (χ3v) is 6.59. The van der Waals surface area contributed by atoms with Gasteiger partial charge in [0.25, 0.3) is 0 Å². The van der Waals surface area contributed by atoms with Gasteiger partial charge in [-0.1, -0.05) is 53.5 Å². The Kier molecular flexibility index (Phi) is 14.4. The Hall–Kier alpha value is -3.57. The van der Waals surface area contributed by atoms with Crippen molar-refractivity contribution in [3.05, 3.63) is 120 Å². The Morgan fingerprint density at radius 1 is 1.22 bits per heavy atom. The van der Waals surface area contributed by atoms with E-state index in [0.717, 1.165) is 30.1 Å². The van der Waals surface area contributed by atoms with E-state index in [4.69, 9.17) is 0 Å². The Morgan fingerprint density at radius 2 is 1.90 bits per heavy atom. The van der Waals surface area contributed by atoms with Crippen molar-refractivity contribution in [2.45, 2.75) is 60.9 Å². The average Bonchev–Trinajstić information content (AvgIpc) is 3.29. The molecule has 0 saturated carbocycles. The second-order valence-corrected chi connectivity index (χ2v) is 10.4. The number of allylic oxidation sites excluding steroid dienone is 6. The lowest BCUT2D eigenvalue weighted by Crippen LogP contribution is -2.35. The number of amidine groups is 1. The van der Waals surface area contributed by atoms with E-state index < -0.39 is 0 Å². The predicted molar refractivity (Wildman–Crippen MR) is 173 cm³/mol. The zero-order valence-electron chi connectivity index (χ0n) is 24.2. The number of aryl methyl sites for hydroxylation is 1. The van der Waals surface area contributed by atoms with Crippen LogP contribution in [0.4, 0.5) is 8.78 Å². The van der Waals surface area contributed by atoms with E-state index in [0.29, 0.717) is 39.9 Å². The number of halogens is 2. The van der Waals surface area contributed by atoms with E-state index >= 15 is 0 Å². The van der Waals surface area contributed by atoms with E-state index in [9.17, 15) is 13.9 Å². The average molecular weight is 583 g/mol. The molecule has 2 aromatic rings. The van der Waals surface area contributed by atoms with Crippen molar-refractivity contribution in [1.82, 2.24) is 14.7 Å². The molecule has 0 spiro atoms. The second kappa shape index (κ2) is 16.6. The molecule has 2 heterocycles. The van der Waals surface area contributed by atoms with Gasteiger partial charge in [-0.15, -0.1) is 9.24 Å². The Bertz CT molecular complexity index is 1350. The lowest BCUT2D eigenvalue weighted by molar-refractivity contribution is 0.262. The molecule has 1 aliphatic heterocycles. The van der Waals surface area contributed by atoms with Gasteiger partial charge in [0.1, 0.15) is 17.3 Å². The van der Waals surface area contributed by atoms with Crippen LogP contribution in [0.15, 0.2) is 108 Å². The number of nitrogens with zero attached hydrogens (tertiary/aromatic N) is 4. The molecule has 8 heteroatoms. The van der Waals surface area contributed by atoms with Crippen LogP contribution in [-0.4, -0.2) is 25.6 Å². The van der Waals surface area contributed by atoms with Crippen molar-refractivity contribution in [1.29, 1.82) is 0 Å². The van der Waals surface area contributed by atoms with Crippen molar-refractivity contribution < 1.29 is 13.9 Å². The largest absolute Gasteiger partial charge is 0.494 e. The first-order valence-electron chi connectivity index (χ1n) is 13.3. The molecule has 0 radical (unpaired) electrons. The van der Waals surface area contributed by atoms with Crippen LogP contribution in [0.3, 0.4) is 0 Å². The van der Waals surface area contributed by atoms with Gasteiger partial charge in [-0.2, -0.15) is 5.10 Å². The minimum Gasteiger partial charge on any atom is -0.494 e. The van der Waals surface area contributed by atoms with E-state index in [1.54, 1.807) is 54.9 Å². The molecule has 1 aliphatic rings. The molecule has 2 atom stereocenters. The lowest BCUT2D eigenvalue weighted by Gasteiger charge is -2.30. The normalized spacial score (nSPS) is 14.3. The fourth-order valence-corrected chi connectivity index (χ4v) is 4.75. The summed E-state index contributed by atoms with van der Waals surface area (Å²) >= 11 is 0. The molecule has 5 nitrogen and oxygen atoms in total. The SMILES string of the molecule is C.C=C(/C=C(F)\C=C/C)C(CC)CCC.C=C(C)C1=C(O)N(Cc2cc(F)cc(P)c2)C(c2ccn(C)n2)=NC1=C. The highest BCUT2D eigenvalue weighted by molar-refractivity contribution is 7.27. The van der Waals surface area contributed by atoms with Gasteiger partial charge in [0.2, 0.25) is 5.88 Å². The monoisotopic (exact) mass is 582 g/mol. The molecular weight excluding hydrogens is 537 g/mol. The van der Waals surface area contributed by atoms with Crippen molar-refractivity contribution in [2.75, 3.05) is 0 Å². The number of aliphatic hydroxyl groups is 1. The number of hydrogen-bond donors (Lipinski definition) is 1. The summed E-state index contributed by atoms with van der Waals surface area (Å²) < 4.78 is 28.5. The summed E-state index contributed by atoms with van der Waals surface area (Å²) in [6, 6.07) is 6.49. The fourth-order valence-electron chi connectivity index (χ4n) is 4.38. The van der Waals surface area contributed by atoms with Crippen LogP contribution >= 0.6 is 9.24 Å². The molecule has 3 rings (SSSR count). The molecular formula is C33H45F2N4OP. The summed E-state index contributed by atoms with van der Waals surface area (Å²) in [5.41, 5.74) is 3.73. The van der Waals surface area contributed by atoms with Gasteiger partial charge in [-0.3, -0.25) is 9.58 Å². The van der Waals surface area contributed by atoms with Crippen molar-refractivity contribution >= 4 is 20.4 Å². The van der Waals surface area contributed by atoms with Crippen molar-refractivity contribution in [3.63, 3.8) is 0 Å². The summed E-state index contributed by atoms with van der Waals surface area (Å²) in [7, 11) is 4.28. The lowest BCUT2D eigenvalue weighted by atomic mass is 9.92. The fraction of sp³-hybridized carbons (Fsp3) is 0.333. The number of aromatic nitrogens is 2. The number of aliphatic imine (C=N–C) groups is 1. The van der Waals surface area contributed by atoms with Gasteiger partial charge in [0.15, 0.2) is 5.84 Å². The summed E-state index contributed by atoms with van der Waals surface area (Å²) in [5, 5.41) is 16.0. The smallest absolute Gasteiger partial charge is 0.202 e. The van der Waals surface area contributed by atoms with Crippen molar-refractivity contribution in [3.8, 4) is 0 Å². The topological polar surface area (TPSA) is 53.6 Å². The molecule has 0 bridgehead atoms. The highest BCUT2D eigenvalue weighted by Gasteiger charge is 2.29. The van der Waals surface area contributed by atoms with Gasteiger partial charge in [0.05, 0.1) is 17.8 Å². The number of benzene rings is 1. The standard InChI is InChI=1S/C19H20FN4OP.C13H21F.CH4/c1-11(2)17-12(3)21-18(16-5-6-23(4)22-16)24(19(17)25)10-13-7-14(20)9-15(26)8-13;1-5-8-12(7-3)11(4)10-13(14)9-6-2;/h5-9,25H,1,3,10,26H2,2,4H3;6,9-10,12H,4-5,7-8H2,1-3H3;1H4/b;9-6-,13-10+;. The van der Waals surface area contributed by atoms with Gasteiger partial charge in [0, 0.05) is 13.2 Å². The first-order chi connectivity index (χ1) is 18.9. The van der Waals surface area contributed by atoms with E-state index in [2.05, 4.69) is 52.9 Å². The van der Waals surface area contributed by atoms with E-state index in [1.165, 1.54) is 18.2 Å². The molecule has 1 N–H and O–H groups in total. The maximum atomic E-state index is 13.8. The van der Waals surface area contributed by atoms with Crippen molar-refractivity contribution in [2.24, 2.45) is 18.0 Å². The van der Waals surface area contributed by atoms with Gasteiger partial charge >= 0.3 is 0 Å².